The van der Waals surface area contributed by atoms with E-state index in [2.05, 4.69) is 36.4 Å². The molecule has 0 saturated carbocycles. The van der Waals surface area contributed by atoms with Crippen molar-refractivity contribution in [2.45, 2.75) is 26.8 Å². The van der Waals surface area contributed by atoms with Gasteiger partial charge in [-0.25, -0.2) is 4.98 Å². The van der Waals surface area contributed by atoms with Gasteiger partial charge in [-0.3, -0.25) is 9.89 Å². The second-order valence-corrected chi connectivity index (χ2v) is 6.34. The minimum atomic E-state index is -0.202. The number of hydrogen-bond donors (Lipinski definition) is 2. The van der Waals surface area contributed by atoms with E-state index in [0.29, 0.717) is 10.7 Å². The number of aromatic nitrogens is 3. The van der Waals surface area contributed by atoms with E-state index in [0.717, 1.165) is 10.3 Å². The number of amides is 1. The fourth-order valence-corrected chi connectivity index (χ4v) is 3.15. The first-order valence-electron chi connectivity index (χ1n) is 5.91. The Balaban J connectivity index is 2.18. The summed E-state index contributed by atoms with van der Waals surface area (Å²) >= 11 is 4.77. The molecule has 1 atom stereocenters. The Labute approximate surface area is 124 Å². The van der Waals surface area contributed by atoms with Crippen LogP contribution in [0.25, 0.3) is 0 Å². The third-order valence-corrected chi connectivity index (χ3v) is 4.51. The van der Waals surface area contributed by atoms with Crippen LogP contribution in [0.2, 0.25) is 0 Å². The van der Waals surface area contributed by atoms with Gasteiger partial charge in [-0.1, -0.05) is 13.8 Å². The van der Waals surface area contributed by atoms with Crippen molar-refractivity contribution in [1.29, 1.82) is 0 Å². The Morgan fingerprint density at radius 3 is 2.74 bits per heavy atom. The summed E-state index contributed by atoms with van der Waals surface area (Å²) in [6.07, 6.45) is 0. The maximum atomic E-state index is 12.2. The largest absolute Gasteiger partial charge is 0.341 e. The molecule has 102 valence electrons. The van der Waals surface area contributed by atoms with Gasteiger partial charge in [-0.2, -0.15) is 5.10 Å². The predicted molar refractivity (Wildman–Crippen MR) is 78.2 cm³/mol. The number of aromatic amines is 1. The molecule has 5 nitrogen and oxygen atoms in total. The van der Waals surface area contributed by atoms with E-state index in [1.807, 2.05) is 32.2 Å². The number of hydrogen-bond acceptors (Lipinski definition) is 4. The lowest BCUT2D eigenvalue weighted by Crippen LogP contribution is -2.32. The van der Waals surface area contributed by atoms with Gasteiger partial charge in [-0.05, 0) is 40.2 Å². The van der Waals surface area contributed by atoms with Crippen molar-refractivity contribution in [2.75, 3.05) is 0 Å². The maximum Gasteiger partial charge on any atom is 0.263 e. The molecule has 19 heavy (non-hydrogen) atoms. The quantitative estimate of drug-likeness (QED) is 0.896. The topological polar surface area (TPSA) is 70.7 Å². The van der Waals surface area contributed by atoms with E-state index in [9.17, 15) is 4.79 Å². The van der Waals surface area contributed by atoms with Crippen molar-refractivity contribution in [3.63, 3.8) is 0 Å². The van der Waals surface area contributed by atoms with E-state index in [4.69, 9.17) is 0 Å². The Morgan fingerprint density at radius 2 is 2.26 bits per heavy atom. The van der Waals surface area contributed by atoms with Gasteiger partial charge in [0.05, 0.1) is 6.04 Å². The molecule has 0 radical (unpaired) electrons. The van der Waals surface area contributed by atoms with E-state index < -0.39 is 0 Å². The van der Waals surface area contributed by atoms with E-state index in [1.165, 1.54) is 11.3 Å². The van der Waals surface area contributed by atoms with Gasteiger partial charge >= 0.3 is 0 Å². The van der Waals surface area contributed by atoms with Crippen molar-refractivity contribution < 1.29 is 4.79 Å². The molecule has 0 aliphatic carbocycles. The van der Waals surface area contributed by atoms with Crippen LogP contribution >= 0.6 is 27.3 Å². The molecule has 2 N–H and O–H groups in total. The smallest absolute Gasteiger partial charge is 0.263 e. The van der Waals surface area contributed by atoms with E-state index in [1.54, 1.807) is 0 Å². The fraction of sp³-hybridized carbons (Fsp3) is 0.417. The average molecular weight is 343 g/mol. The van der Waals surface area contributed by atoms with Crippen molar-refractivity contribution in [3.8, 4) is 0 Å². The van der Waals surface area contributed by atoms with Gasteiger partial charge in [0.1, 0.15) is 10.7 Å². The van der Waals surface area contributed by atoms with Gasteiger partial charge < -0.3 is 5.32 Å². The summed E-state index contributed by atoms with van der Waals surface area (Å²) in [7, 11) is 0. The minimum Gasteiger partial charge on any atom is -0.341 e. The maximum absolute atomic E-state index is 12.2. The molecule has 0 bridgehead atoms. The zero-order valence-corrected chi connectivity index (χ0v) is 13.3. The third-order valence-electron chi connectivity index (χ3n) is 2.67. The number of carbonyl (C=O) groups excluding carboxylic acids is 1. The molecule has 0 aliphatic heterocycles. The number of halogens is 1. The van der Waals surface area contributed by atoms with Crippen LogP contribution in [-0.4, -0.2) is 21.1 Å². The summed E-state index contributed by atoms with van der Waals surface area (Å²) in [5, 5.41) is 11.8. The number of aryl methyl sites for hydroxylation is 1. The number of thiophene rings is 1. The first kappa shape index (κ1) is 14.2. The first-order chi connectivity index (χ1) is 8.99. The van der Waals surface area contributed by atoms with Crippen LogP contribution in [0, 0.1) is 12.8 Å². The molecule has 0 fully saturated rings. The van der Waals surface area contributed by atoms with Crippen LogP contribution in [0.3, 0.4) is 0 Å². The third kappa shape index (κ3) is 3.22. The van der Waals surface area contributed by atoms with Crippen LogP contribution in [0.15, 0.2) is 15.9 Å². The summed E-state index contributed by atoms with van der Waals surface area (Å²) in [6.45, 7) is 5.89. The van der Waals surface area contributed by atoms with Crippen molar-refractivity contribution in [2.24, 2.45) is 5.92 Å². The summed E-state index contributed by atoms with van der Waals surface area (Å²) in [6, 6.07) is 1.66. The van der Waals surface area contributed by atoms with Gasteiger partial charge in [0.25, 0.3) is 5.91 Å². The zero-order chi connectivity index (χ0) is 14.0. The van der Waals surface area contributed by atoms with Crippen LogP contribution in [0.5, 0.6) is 0 Å². The van der Waals surface area contributed by atoms with Crippen LogP contribution < -0.4 is 5.32 Å². The molecule has 0 aliphatic rings. The lowest BCUT2D eigenvalue weighted by Gasteiger charge is -2.19. The number of nitrogens with one attached hydrogen (secondary N) is 2. The Bertz CT molecular complexity index is 578. The molecule has 1 unspecified atom stereocenters. The van der Waals surface area contributed by atoms with Crippen molar-refractivity contribution in [3.05, 3.63) is 32.4 Å². The number of carbonyl (C=O) groups is 1. The monoisotopic (exact) mass is 342 g/mol. The predicted octanol–water partition coefficient (Wildman–Crippen LogP) is 3.06. The second kappa shape index (κ2) is 5.83. The Hall–Kier alpha value is -1.21. The summed E-state index contributed by atoms with van der Waals surface area (Å²) < 4.78 is 0.809. The standard InChI is InChI=1S/C12H15BrN4OS/c1-6(2)9(11-14-7(3)16-17-11)15-12(18)10-8(13)4-5-19-10/h4-6,9H,1-3H3,(H,15,18)(H,14,16,17). The molecular formula is C12H15BrN4OS. The van der Waals surface area contributed by atoms with Crippen LogP contribution in [0.1, 0.15) is 41.2 Å². The summed E-state index contributed by atoms with van der Waals surface area (Å²) in [4.78, 5) is 17.2. The SMILES string of the molecule is Cc1nc(C(NC(=O)c2sccc2Br)C(C)C)n[nH]1. The Kier molecular flexibility index (Phi) is 4.36. The van der Waals surface area contributed by atoms with E-state index >= 15 is 0 Å². The molecule has 0 aromatic carbocycles. The molecule has 1 amide bonds. The molecule has 0 saturated heterocycles. The van der Waals surface area contributed by atoms with Gasteiger partial charge in [0.2, 0.25) is 0 Å². The zero-order valence-electron chi connectivity index (χ0n) is 10.9. The van der Waals surface area contributed by atoms with Gasteiger partial charge in [0.15, 0.2) is 5.82 Å². The van der Waals surface area contributed by atoms with Crippen LogP contribution in [0.4, 0.5) is 0 Å². The molecule has 2 aromatic heterocycles. The van der Waals surface area contributed by atoms with Gasteiger partial charge in [0, 0.05) is 4.47 Å². The summed E-state index contributed by atoms with van der Waals surface area (Å²) in [5.74, 6) is 1.46. The van der Waals surface area contributed by atoms with Crippen LogP contribution in [-0.2, 0) is 0 Å². The average Bonchev–Trinajstić information content (AvgIpc) is 2.94. The normalized spacial score (nSPS) is 12.7. The molecule has 0 spiro atoms. The number of nitrogens with zero attached hydrogens (tertiary/aromatic N) is 2. The highest BCUT2D eigenvalue weighted by molar-refractivity contribution is 9.10. The highest BCUT2D eigenvalue weighted by Gasteiger charge is 2.24. The molecule has 2 rings (SSSR count). The number of H-pyrrole nitrogens is 1. The molecule has 2 aromatic rings. The lowest BCUT2D eigenvalue weighted by molar-refractivity contribution is 0.0926. The van der Waals surface area contributed by atoms with Gasteiger partial charge in [-0.15, -0.1) is 11.3 Å². The first-order valence-corrected chi connectivity index (χ1v) is 7.59. The van der Waals surface area contributed by atoms with Crippen molar-refractivity contribution in [1.82, 2.24) is 20.5 Å². The molecular weight excluding hydrogens is 328 g/mol. The second-order valence-electron chi connectivity index (χ2n) is 4.57. The molecule has 7 heteroatoms. The lowest BCUT2D eigenvalue weighted by atomic mass is 10.0. The highest BCUT2D eigenvalue weighted by atomic mass is 79.9. The fourth-order valence-electron chi connectivity index (χ4n) is 1.69. The van der Waals surface area contributed by atoms with Crippen molar-refractivity contribution >= 4 is 33.2 Å². The Morgan fingerprint density at radius 1 is 1.53 bits per heavy atom. The molecule has 2 heterocycles. The number of rotatable bonds is 4. The van der Waals surface area contributed by atoms with E-state index in [-0.39, 0.29) is 17.9 Å². The summed E-state index contributed by atoms with van der Waals surface area (Å²) in [5.41, 5.74) is 0. The highest BCUT2D eigenvalue weighted by Crippen LogP contribution is 2.25. The minimum absolute atomic E-state index is 0.108.